The van der Waals surface area contributed by atoms with Crippen LogP contribution >= 0.6 is 0 Å². The van der Waals surface area contributed by atoms with E-state index in [4.69, 9.17) is 0 Å². The van der Waals surface area contributed by atoms with Crippen molar-refractivity contribution in [2.45, 2.75) is 24.9 Å². The zero-order chi connectivity index (χ0) is 17.6. The SMILES string of the molecule is O=C(CC(F)(F)F)N1CCC(c2ccnc3cnc4[nH]nnc4c23)C1. The number of carbonyl (C=O) groups is 1. The molecule has 10 heteroatoms. The van der Waals surface area contributed by atoms with Crippen LogP contribution in [0.4, 0.5) is 13.2 Å². The van der Waals surface area contributed by atoms with Gasteiger partial charge in [-0.1, -0.05) is 5.21 Å². The molecule has 1 saturated heterocycles. The van der Waals surface area contributed by atoms with E-state index in [1.165, 1.54) is 4.90 Å². The van der Waals surface area contributed by atoms with Crippen molar-refractivity contribution in [1.82, 2.24) is 30.3 Å². The smallest absolute Gasteiger partial charge is 0.342 e. The number of nitrogens with zero attached hydrogens (tertiary/aromatic N) is 5. The van der Waals surface area contributed by atoms with Crippen LogP contribution in [0.3, 0.4) is 0 Å². The number of rotatable bonds is 2. The van der Waals surface area contributed by atoms with E-state index in [0.717, 1.165) is 10.9 Å². The monoisotopic (exact) mass is 350 g/mol. The number of halogens is 3. The molecule has 1 N–H and O–H groups in total. The fraction of sp³-hybridized carbons (Fsp3) is 0.400. The Balaban J connectivity index is 1.67. The van der Waals surface area contributed by atoms with Crippen molar-refractivity contribution in [3.05, 3.63) is 24.0 Å². The number of amides is 1. The second-order valence-electron chi connectivity index (χ2n) is 6.04. The van der Waals surface area contributed by atoms with E-state index in [2.05, 4.69) is 25.4 Å². The van der Waals surface area contributed by atoms with Gasteiger partial charge in [0, 0.05) is 30.6 Å². The van der Waals surface area contributed by atoms with E-state index in [1.807, 2.05) is 6.07 Å². The molecule has 3 aromatic heterocycles. The molecule has 0 radical (unpaired) electrons. The number of hydrogen-bond acceptors (Lipinski definition) is 5. The van der Waals surface area contributed by atoms with Crippen LogP contribution in [0.1, 0.15) is 24.3 Å². The van der Waals surface area contributed by atoms with Crippen LogP contribution in [-0.2, 0) is 4.79 Å². The molecule has 1 unspecified atom stereocenters. The minimum absolute atomic E-state index is 0.0787. The minimum atomic E-state index is -4.49. The summed E-state index contributed by atoms with van der Waals surface area (Å²) in [6.07, 6.45) is -2.09. The lowest BCUT2D eigenvalue weighted by Crippen LogP contribution is -2.32. The number of alkyl halides is 3. The lowest BCUT2D eigenvalue weighted by Gasteiger charge is -2.18. The number of hydrogen-bond donors (Lipinski definition) is 1. The highest BCUT2D eigenvalue weighted by Gasteiger charge is 2.36. The standard InChI is InChI=1S/C15H13F3N6O/c16-15(17,18)5-11(25)24-4-2-8(7-24)9-1-3-19-10-6-20-14-13(12(9)10)21-23-22-14/h1,3,6,8H,2,4-5,7H2,(H,20,21,22,23). The Bertz CT molecular complexity index is 953. The van der Waals surface area contributed by atoms with Crippen molar-refractivity contribution in [1.29, 1.82) is 0 Å². The van der Waals surface area contributed by atoms with Crippen LogP contribution in [0.5, 0.6) is 0 Å². The van der Waals surface area contributed by atoms with E-state index in [0.29, 0.717) is 29.6 Å². The number of aromatic amines is 1. The molecule has 1 fully saturated rings. The van der Waals surface area contributed by atoms with Gasteiger partial charge >= 0.3 is 6.18 Å². The third-order valence-electron chi connectivity index (χ3n) is 4.43. The van der Waals surface area contributed by atoms with E-state index >= 15 is 0 Å². The first kappa shape index (κ1) is 15.7. The van der Waals surface area contributed by atoms with E-state index < -0.39 is 18.5 Å². The predicted octanol–water partition coefficient (Wildman–Crippen LogP) is 2.17. The van der Waals surface area contributed by atoms with Gasteiger partial charge in [-0.15, -0.1) is 5.10 Å². The van der Waals surface area contributed by atoms with Crippen LogP contribution in [0.2, 0.25) is 0 Å². The van der Waals surface area contributed by atoms with E-state index in [9.17, 15) is 18.0 Å². The topological polar surface area (TPSA) is 87.7 Å². The maximum absolute atomic E-state index is 12.4. The molecule has 4 heterocycles. The summed E-state index contributed by atoms with van der Waals surface area (Å²) in [4.78, 5) is 21.6. The van der Waals surface area contributed by atoms with Gasteiger partial charge in [-0.25, -0.2) is 10.1 Å². The van der Waals surface area contributed by atoms with Gasteiger partial charge in [-0.05, 0) is 18.1 Å². The number of likely N-dealkylation sites (tertiary alicyclic amines) is 1. The van der Waals surface area contributed by atoms with Crippen LogP contribution in [0.25, 0.3) is 22.1 Å². The summed E-state index contributed by atoms with van der Waals surface area (Å²) < 4.78 is 37.3. The largest absolute Gasteiger partial charge is 0.397 e. The van der Waals surface area contributed by atoms with Gasteiger partial charge in [0.15, 0.2) is 5.65 Å². The average Bonchev–Trinajstić information content (AvgIpc) is 3.22. The summed E-state index contributed by atoms with van der Waals surface area (Å²) in [7, 11) is 0. The molecular weight excluding hydrogens is 337 g/mol. The molecule has 3 aromatic rings. The highest BCUT2D eigenvalue weighted by atomic mass is 19.4. The fourth-order valence-electron chi connectivity index (χ4n) is 3.32. The van der Waals surface area contributed by atoms with Gasteiger partial charge in [-0.3, -0.25) is 9.78 Å². The Morgan fingerprint density at radius 3 is 3.00 bits per heavy atom. The molecule has 7 nitrogen and oxygen atoms in total. The summed E-state index contributed by atoms with van der Waals surface area (Å²) >= 11 is 0. The lowest BCUT2D eigenvalue weighted by atomic mass is 9.95. The molecule has 1 amide bonds. The first-order valence-corrected chi connectivity index (χ1v) is 7.71. The van der Waals surface area contributed by atoms with Crippen LogP contribution < -0.4 is 0 Å². The average molecular weight is 350 g/mol. The quantitative estimate of drug-likeness (QED) is 0.765. The molecule has 0 spiro atoms. The van der Waals surface area contributed by atoms with Crippen molar-refractivity contribution in [2.24, 2.45) is 0 Å². The minimum Gasteiger partial charge on any atom is -0.342 e. The van der Waals surface area contributed by atoms with E-state index in [-0.39, 0.29) is 12.5 Å². The molecule has 0 bridgehead atoms. The highest BCUT2D eigenvalue weighted by molar-refractivity contribution is 6.02. The summed E-state index contributed by atoms with van der Waals surface area (Å²) in [5, 5.41) is 11.3. The molecule has 25 heavy (non-hydrogen) atoms. The molecule has 0 aliphatic carbocycles. The van der Waals surface area contributed by atoms with E-state index in [1.54, 1.807) is 12.4 Å². The van der Waals surface area contributed by atoms with Gasteiger partial charge < -0.3 is 4.90 Å². The maximum Gasteiger partial charge on any atom is 0.397 e. The summed E-state index contributed by atoms with van der Waals surface area (Å²) in [5.41, 5.74) is 2.62. The highest BCUT2D eigenvalue weighted by Crippen LogP contribution is 2.34. The first-order valence-electron chi connectivity index (χ1n) is 7.71. The molecule has 0 aromatic carbocycles. The third kappa shape index (κ3) is 2.87. The van der Waals surface area contributed by atoms with Crippen LogP contribution in [0.15, 0.2) is 18.5 Å². The Hall–Kier alpha value is -2.78. The summed E-state index contributed by atoms with van der Waals surface area (Å²) in [5.74, 6) is -0.966. The van der Waals surface area contributed by atoms with Gasteiger partial charge in [0.05, 0.1) is 11.7 Å². The van der Waals surface area contributed by atoms with Crippen molar-refractivity contribution in [3.8, 4) is 0 Å². The number of fused-ring (bicyclic) bond motifs is 3. The van der Waals surface area contributed by atoms with Gasteiger partial charge in [0.25, 0.3) is 0 Å². The zero-order valence-corrected chi connectivity index (χ0v) is 12.9. The predicted molar refractivity (Wildman–Crippen MR) is 81.6 cm³/mol. The second kappa shape index (κ2) is 5.64. The molecule has 1 aliphatic heterocycles. The third-order valence-corrected chi connectivity index (χ3v) is 4.43. The van der Waals surface area contributed by atoms with Crippen molar-refractivity contribution < 1.29 is 18.0 Å². The Morgan fingerprint density at radius 1 is 1.36 bits per heavy atom. The normalized spacial score (nSPS) is 18.4. The Kier molecular flexibility index (Phi) is 3.55. The van der Waals surface area contributed by atoms with Crippen molar-refractivity contribution >= 4 is 28.0 Å². The number of nitrogens with one attached hydrogen (secondary N) is 1. The molecule has 130 valence electrons. The summed E-state index contributed by atoms with van der Waals surface area (Å²) in [6.45, 7) is 0.548. The number of H-pyrrole nitrogens is 1. The number of aromatic nitrogens is 5. The van der Waals surface area contributed by atoms with Crippen LogP contribution in [0, 0.1) is 0 Å². The van der Waals surface area contributed by atoms with Crippen molar-refractivity contribution in [2.75, 3.05) is 13.1 Å². The molecule has 1 aliphatic rings. The van der Waals surface area contributed by atoms with Crippen LogP contribution in [-0.4, -0.2) is 55.5 Å². The summed E-state index contributed by atoms with van der Waals surface area (Å²) in [6, 6.07) is 1.82. The molecule has 1 atom stereocenters. The zero-order valence-electron chi connectivity index (χ0n) is 12.9. The van der Waals surface area contributed by atoms with Gasteiger partial charge in [0.2, 0.25) is 5.91 Å². The van der Waals surface area contributed by atoms with Gasteiger partial charge in [0.1, 0.15) is 11.9 Å². The molecular formula is C15H13F3N6O. The van der Waals surface area contributed by atoms with Crippen molar-refractivity contribution in [3.63, 3.8) is 0 Å². The maximum atomic E-state index is 12.4. The number of carbonyl (C=O) groups excluding carboxylic acids is 1. The second-order valence-corrected chi connectivity index (χ2v) is 6.04. The molecule has 0 saturated carbocycles. The van der Waals surface area contributed by atoms with Gasteiger partial charge in [-0.2, -0.15) is 13.2 Å². The Morgan fingerprint density at radius 2 is 2.20 bits per heavy atom. The lowest BCUT2D eigenvalue weighted by molar-refractivity contribution is -0.160. The number of pyridine rings is 2. The molecule has 4 rings (SSSR count). The fourth-order valence-corrected chi connectivity index (χ4v) is 3.32. The first-order chi connectivity index (χ1) is 11.9. The Labute approximate surface area is 139 Å².